The molecule has 2 atom stereocenters. The van der Waals surface area contributed by atoms with Crippen molar-refractivity contribution >= 4 is 6.47 Å². The molecule has 1 aliphatic heterocycles. The Bertz CT molecular complexity index is 168. The number of hydrogen-bond donors (Lipinski definition) is 1. The van der Waals surface area contributed by atoms with Crippen molar-refractivity contribution in [2.24, 2.45) is 0 Å². The van der Waals surface area contributed by atoms with Crippen LogP contribution in [0.15, 0.2) is 0 Å². The molecule has 1 fully saturated rings. The van der Waals surface area contributed by atoms with Crippen LogP contribution in [-0.4, -0.2) is 24.2 Å². The Hall–Kier alpha value is -0.570. The van der Waals surface area contributed by atoms with Gasteiger partial charge in [0.2, 0.25) is 0 Å². The van der Waals surface area contributed by atoms with Crippen molar-refractivity contribution in [3.05, 3.63) is 0 Å². The fraction of sp³-hybridized carbons (Fsp3) is 0.889. The second-order valence-corrected chi connectivity index (χ2v) is 4.22. The molecule has 1 heterocycles. The van der Waals surface area contributed by atoms with Crippen LogP contribution in [0.4, 0.5) is 0 Å². The fourth-order valence-corrected chi connectivity index (χ4v) is 2.01. The zero-order valence-corrected chi connectivity index (χ0v) is 7.96. The lowest BCUT2D eigenvalue weighted by molar-refractivity contribution is -0.136. The number of nitrogens with one attached hydrogen (secondary N) is 1. The summed E-state index contributed by atoms with van der Waals surface area (Å²) in [6.07, 6.45) is 1.91. The smallest absolute Gasteiger partial charge is 0.293 e. The van der Waals surface area contributed by atoms with Gasteiger partial charge in [0, 0.05) is 18.0 Å². The summed E-state index contributed by atoms with van der Waals surface area (Å²) in [4.78, 5) is 10.1. The highest BCUT2D eigenvalue weighted by atomic mass is 16.5. The summed E-state index contributed by atoms with van der Waals surface area (Å²) < 4.78 is 4.97. The monoisotopic (exact) mass is 171 g/mol. The molecule has 0 bridgehead atoms. The van der Waals surface area contributed by atoms with Crippen molar-refractivity contribution in [3.8, 4) is 0 Å². The van der Waals surface area contributed by atoms with Crippen LogP contribution in [0.5, 0.6) is 0 Å². The molecule has 12 heavy (non-hydrogen) atoms. The summed E-state index contributed by atoms with van der Waals surface area (Å²) in [5.41, 5.74) is 0.0886. The summed E-state index contributed by atoms with van der Waals surface area (Å²) in [6.45, 7) is 6.93. The van der Waals surface area contributed by atoms with E-state index in [1.807, 2.05) is 0 Å². The van der Waals surface area contributed by atoms with E-state index in [9.17, 15) is 4.79 Å². The number of carbonyl (C=O) groups is 1. The van der Waals surface area contributed by atoms with Gasteiger partial charge < -0.3 is 10.1 Å². The van der Waals surface area contributed by atoms with Gasteiger partial charge in [-0.2, -0.15) is 0 Å². The first-order chi connectivity index (χ1) is 5.53. The van der Waals surface area contributed by atoms with Crippen LogP contribution in [0.2, 0.25) is 0 Å². The third kappa shape index (κ3) is 2.48. The summed E-state index contributed by atoms with van der Waals surface area (Å²) in [5, 5.41) is 3.45. The molecule has 0 aromatic heterocycles. The van der Waals surface area contributed by atoms with E-state index in [2.05, 4.69) is 26.1 Å². The van der Waals surface area contributed by atoms with Gasteiger partial charge in [0.15, 0.2) is 0 Å². The van der Waals surface area contributed by atoms with Gasteiger partial charge in [-0.15, -0.1) is 0 Å². The molecule has 0 saturated carbocycles. The predicted molar refractivity (Wildman–Crippen MR) is 46.8 cm³/mol. The SMILES string of the molecule is CC1CC(OC=O)CC(C)(C)N1. The van der Waals surface area contributed by atoms with E-state index in [4.69, 9.17) is 4.74 Å². The lowest BCUT2D eigenvalue weighted by atomic mass is 9.87. The highest BCUT2D eigenvalue weighted by Gasteiger charge is 2.31. The van der Waals surface area contributed by atoms with Crippen LogP contribution in [0.25, 0.3) is 0 Å². The standard InChI is InChI=1S/C9H17NO2/c1-7-4-8(12-6-11)5-9(2,3)10-7/h6-8,10H,4-5H2,1-3H3. The van der Waals surface area contributed by atoms with Crippen LogP contribution >= 0.6 is 0 Å². The average molecular weight is 171 g/mol. The first-order valence-corrected chi connectivity index (χ1v) is 4.40. The fourth-order valence-electron chi connectivity index (χ4n) is 2.01. The largest absolute Gasteiger partial charge is 0.464 e. The number of ether oxygens (including phenoxy) is 1. The highest BCUT2D eigenvalue weighted by molar-refractivity contribution is 5.37. The summed E-state index contributed by atoms with van der Waals surface area (Å²) in [7, 11) is 0. The minimum atomic E-state index is 0.0886. The summed E-state index contributed by atoms with van der Waals surface area (Å²) >= 11 is 0. The Labute approximate surface area is 73.5 Å². The molecule has 1 N–H and O–H groups in total. The molecule has 0 amide bonds. The maximum absolute atomic E-state index is 10.1. The van der Waals surface area contributed by atoms with E-state index in [1.165, 1.54) is 0 Å². The van der Waals surface area contributed by atoms with Crippen molar-refractivity contribution in [1.29, 1.82) is 0 Å². The second-order valence-electron chi connectivity index (χ2n) is 4.22. The first-order valence-electron chi connectivity index (χ1n) is 4.40. The van der Waals surface area contributed by atoms with E-state index < -0.39 is 0 Å². The molecule has 3 nitrogen and oxygen atoms in total. The predicted octanol–water partition coefficient (Wildman–Crippen LogP) is 1.08. The Balaban J connectivity index is 2.51. The molecular weight excluding hydrogens is 154 g/mol. The van der Waals surface area contributed by atoms with Crippen LogP contribution in [-0.2, 0) is 9.53 Å². The van der Waals surface area contributed by atoms with Gasteiger partial charge in [0.05, 0.1) is 0 Å². The molecule has 70 valence electrons. The lowest BCUT2D eigenvalue weighted by Gasteiger charge is -2.39. The molecule has 1 saturated heterocycles. The third-order valence-electron chi connectivity index (χ3n) is 2.24. The van der Waals surface area contributed by atoms with E-state index in [-0.39, 0.29) is 11.6 Å². The van der Waals surface area contributed by atoms with Crippen LogP contribution in [0.1, 0.15) is 33.6 Å². The van der Waals surface area contributed by atoms with E-state index in [1.54, 1.807) is 0 Å². The van der Waals surface area contributed by atoms with Crippen molar-refractivity contribution in [3.63, 3.8) is 0 Å². The summed E-state index contributed by atoms with van der Waals surface area (Å²) in [6, 6.07) is 0.429. The number of piperidine rings is 1. The van der Waals surface area contributed by atoms with Gasteiger partial charge in [-0.25, -0.2) is 0 Å². The Kier molecular flexibility index (Phi) is 2.73. The quantitative estimate of drug-likeness (QED) is 0.632. The van der Waals surface area contributed by atoms with Gasteiger partial charge in [0.1, 0.15) is 6.10 Å². The number of hydrogen-bond acceptors (Lipinski definition) is 3. The van der Waals surface area contributed by atoms with Crippen molar-refractivity contribution < 1.29 is 9.53 Å². The van der Waals surface area contributed by atoms with Gasteiger partial charge in [-0.1, -0.05) is 0 Å². The molecule has 2 unspecified atom stereocenters. The molecule has 3 heteroatoms. The van der Waals surface area contributed by atoms with Crippen LogP contribution < -0.4 is 5.32 Å². The van der Waals surface area contributed by atoms with E-state index >= 15 is 0 Å². The molecule has 0 aromatic rings. The summed E-state index contributed by atoms with van der Waals surface area (Å²) in [5.74, 6) is 0. The third-order valence-corrected chi connectivity index (χ3v) is 2.24. The maximum atomic E-state index is 10.1. The molecule has 0 aliphatic carbocycles. The molecule has 0 aromatic carbocycles. The van der Waals surface area contributed by atoms with Gasteiger partial charge >= 0.3 is 0 Å². The van der Waals surface area contributed by atoms with Gasteiger partial charge in [-0.05, 0) is 27.2 Å². The second kappa shape index (κ2) is 3.44. The first kappa shape index (κ1) is 9.52. The molecule has 0 radical (unpaired) electrons. The Morgan fingerprint density at radius 2 is 2.25 bits per heavy atom. The topological polar surface area (TPSA) is 38.3 Å². The number of rotatable bonds is 2. The molecule has 1 aliphatic rings. The van der Waals surface area contributed by atoms with E-state index in [0.29, 0.717) is 12.5 Å². The highest BCUT2D eigenvalue weighted by Crippen LogP contribution is 2.23. The van der Waals surface area contributed by atoms with Crippen molar-refractivity contribution in [2.45, 2.75) is 51.3 Å². The van der Waals surface area contributed by atoms with Crippen LogP contribution in [0, 0.1) is 0 Å². The Morgan fingerprint density at radius 1 is 1.58 bits per heavy atom. The van der Waals surface area contributed by atoms with Crippen molar-refractivity contribution in [1.82, 2.24) is 5.32 Å². The molecular formula is C9H17NO2. The maximum Gasteiger partial charge on any atom is 0.293 e. The lowest BCUT2D eigenvalue weighted by Crippen LogP contribution is -2.53. The zero-order valence-electron chi connectivity index (χ0n) is 7.96. The van der Waals surface area contributed by atoms with Crippen LogP contribution in [0.3, 0.4) is 0 Å². The number of carbonyl (C=O) groups excluding carboxylic acids is 1. The van der Waals surface area contributed by atoms with Gasteiger partial charge in [0.25, 0.3) is 6.47 Å². The Morgan fingerprint density at radius 3 is 2.75 bits per heavy atom. The van der Waals surface area contributed by atoms with E-state index in [0.717, 1.165) is 12.8 Å². The zero-order chi connectivity index (χ0) is 9.19. The van der Waals surface area contributed by atoms with Crippen molar-refractivity contribution in [2.75, 3.05) is 0 Å². The average Bonchev–Trinajstić information content (AvgIpc) is 1.82. The van der Waals surface area contributed by atoms with Gasteiger partial charge in [-0.3, -0.25) is 4.79 Å². The molecule has 0 spiro atoms. The minimum absolute atomic E-state index is 0.0886. The normalized spacial score (nSPS) is 34.2. The minimum Gasteiger partial charge on any atom is -0.464 e. The molecule has 1 rings (SSSR count).